The summed E-state index contributed by atoms with van der Waals surface area (Å²) >= 11 is 0. The van der Waals surface area contributed by atoms with Crippen LogP contribution >= 0.6 is 0 Å². The van der Waals surface area contributed by atoms with Crippen molar-refractivity contribution in [2.45, 2.75) is 6.04 Å². The van der Waals surface area contributed by atoms with Gasteiger partial charge in [-0.2, -0.15) is 0 Å². The first kappa shape index (κ1) is 17.5. The molecule has 1 saturated heterocycles. The van der Waals surface area contributed by atoms with Gasteiger partial charge in [0.2, 0.25) is 0 Å². The molecule has 0 spiro atoms. The fourth-order valence-electron chi connectivity index (χ4n) is 3.18. The monoisotopic (exact) mass is 367 g/mol. The van der Waals surface area contributed by atoms with Crippen LogP contribution in [-0.2, 0) is 4.74 Å². The van der Waals surface area contributed by atoms with Crippen LogP contribution in [0.4, 0.5) is 0 Å². The molecule has 1 N–H and O–H groups in total. The predicted octanol–water partition coefficient (Wildman–Crippen LogP) is 2.74. The Kier molecular flexibility index (Phi) is 5.32. The minimum Gasteiger partial charge on any atom is -0.468 e. The summed E-state index contributed by atoms with van der Waals surface area (Å²) in [6.45, 7) is 3.36. The molecule has 0 unspecified atom stereocenters. The molecule has 27 heavy (non-hydrogen) atoms. The highest BCUT2D eigenvalue weighted by Crippen LogP contribution is 2.22. The van der Waals surface area contributed by atoms with Crippen molar-refractivity contribution in [3.8, 4) is 11.3 Å². The minimum absolute atomic E-state index is 0.0478. The summed E-state index contributed by atoms with van der Waals surface area (Å²) in [6.07, 6.45) is 1.65. The van der Waals surface area contributed by atoms with Crippen LogP contribution in [-0.4, -0.2) is 48.8 Å². The molecule has 2 aromatic heterocycles. The van der Waals surface area contributed by atoms with E-state index >= 15 is 0 Å². The zero-order valence-electron chi connectivity index (χ0n) is 14.8. The van der Waals surface area contributed by atoms with E-state index in [-0.39, 0.29) is 17.6 Å². The lowest BCUT2D eigenvalue weighted by Gasteiger charge is -2.33. The molecule has 1 amide bonds. The average Bonchev–Trinajstić information content (AvgIpc) is 3.42. The number of hydrogen-bond acceptors (Lipinski definition) is 6. The Morgan fingerprint density at radius 1 is 1.15 bits per heavy atom. The fourth-order valence-corrected chi connectivity index (χ4v) is 3.18. The molecule has 1 atom stereocenters. The van der Waals surface area contributed by atoms with E-state index in [1.165, 1.54) is 0 Å². The summed E-state index contributed by atoms with van der Waals surface area (Å²) < 4.78 is 16.3. The number of amides is 1. The zero-order chi connectivity index (χ0) is 18.5. The molecule has 0 aliphatic carbocycles. The van der Waals surface area contributed by atoms with Gasteiger partial charge < -0.3 is 19.0 Å². The molecule has 7 nitrogen and oxygen atoms in total. The zero-order valence-corrected chi connectivity index (χ0v) is 14.8. The molecule has 1 aliphatic rings. The van der Waals surface area contributed by atoms with Gasteiger partial charge in [0, 0.05) is 31.3 Å². The number of benzene rings is 1. The second-order valence-corrected chi connectivity index (χ2v) is 6.33. The maximum atomic E-state index is 12.5. The van der Waals surface area contributed by atoms with Gasteiger partial charge in [-0.3, -0.25) is 9.69 Å². The molecule has 0 radical (unpaired) electrons. The molecule has 3 aromatic rings. The van der Waals surface area contributed by atoms with Crippen LogP contribution < -0.4 is 5.32 Å². The SMILES string of the molecule is O=C(NC[C@@H](c1ccco1)N1CCOCC1)c1cc(-c2ccccc2)on1. The summed E-state index contributed by atoms with van der Waals surface area (Å²) in [7, 11) is 0. The molecule has 4 rings (SSSR count). The highest BCUT2D eigenvalue weighted by atomic mass is 16.5. The van der Waals surface area contributed by atoms with E-state index in [0.717, 1.165) is 24.4 Å². The van der Waals surface area contributed by atoms with E-state index in [1.807, 2.05) is 42.5 Å². The van der Waals surface area contributed by atoms with E-state index in [2.05, 4.69) is 15.4 Å². The van der Waals surface area contributed by atoms with E-state index in [0.29, 0.717) is 25.5 Å². The summed E-state index contributed by atoms with van der Waals surface area (Å²) in [6, 6.07) is 15.0. The van der Waals surface area contributed by atoms with E-state index in [9.17, 15) is 4.79 Å². The Labute approximate surface area is 156 Å². The summed E-state index contributed by atoms with van der Waals surface area (Å²) in [5.74, 6) is 1.12. The fraction of sp³-hybridized carbons (Fsp3) is 0.300. The molecule has 3 heterocycles. The van der Waals surface area contributed by atoms with E-state index in [1.54, 1.807) is 12.3 Å². The molecule has 7 heteroatoms. The van der Waals surface area contributed by atoms with Gasteiger partial charge in [-0.05, 0) is 12.1 Å². The Hall–Kier alpha value is -2.90. The van der Waals surface area contributed by atoms with Crippen molar-refractivity contribution >= 4 is 5.91 Å². The molecule has 1 aliphatic heterocycles. The predicted molar refractivity (Wildman–Crippen MR) is 98.1 cm³/mol. The summed E-state index contributed by atoms with van der Waals surface area (Å²) in [5.41, 5.74) is 1.14. The van der Waals surface area contributed by atoms with E-state index in [4.69, 9.17) is 13.7 Å². The summed E-state index contributed by atoms with van der Waals surface area (Å²) in [5, 5.41) is 6.85. The first-order valence-electron chi connectivity index (χ1n) is 8.97. The lowest BCUT2D eigenvalue weighted by Crippen LogP contribution is -2.43. The third-order valence-corrected chi connectivity index (χ3v) is 4.62. The average molecular weight is 367 g/mol. The number of carbonyl (C=O) groups is 1. The number of ether oxygens (including phenoxy) is 1. The van der Waals surface area contributed by atoms with Crippen molar-refractivity contribution in [2.75, 3.05) is 32.8 Å². The smallest absolute Gasteiger partial charge is 0.273 e. The van der Waals surface area contributed by atoms with Crippen molar-refractivity contribution in [3.05, 3.63) is 66.2 Å². The number of aromatic nitrogens is 1. The van der Waals surface area contributed by atoms with Gasteiger partial charge in [0.1, 0.15) is 5.76 Å². The summed E-state index contributed by atoms with van der Waals surface area (Å²) in [4.78, 5) is 14.8. The van der Waals surface area contributed by atoms with Gasteiger partial charge in [0.05, 0.1) is 25.5 Å². The van der Waals surface area contributed by atoms with Crippen LogP contribution in [0.25, 0.3) is 11.3 Å². The number of carbonyl (C=O) groups excluding carboxylic acids is 1. The molecule has 0 bridgehead atoms. The van der Waals surface area contributed by atoms with Crippen molar-refractivity contribution in [1.29, 1.82) is 0 Å². The Bertz CT molecular complexity index is 855. The second kappa shape index (κ2) is 8.20. The first-order valence-corrected chi connectivity index (χ1v) is 8.97. The maximum Gasteiger partial charge on any atom is 0.273 e. The highest BCUT2D eigenvalue weighted by Gasteiger charge is 2.26. The molecule has 140 valence electrons. The maximum absolute atomic E-state index is 12.5. The van der Waals surface area contributed by atoms with Crippen molar-refractivity contribution in [3.63, 3.8) is 0 Å². The number of hydrogen-bond donors (Lipinski definition) is 1. The molecule has 1 aromatic carbocycles. The van der Waals surface area contributed by atoms with Gasteiger partial charge in [0.15, 0.2) is 11.5 Å². The van der Waals surface area contributed by atoms with E-state index < -0.39 is 0 Å². The number of nitrogens with zero attached hydrogens (tertiary/aromatic N) is 2. The third kappa shape index (κ3) is 4.10. The van der Waals surface area contributed by atoms with Crippen molar-refractivity contribution < 1.29 is 18.5 Å². The molecule has 0 saturated carbocycles. The van der Waals surface area contributed by atoms with Crippen LogP contribution in [0.3, 0.4) is 0 Å². The number of furan rings is 1. The Morgan fingerprint density at radius 2 is 1.96 bits per heavy atom. The van der Waals surface area contributed by atoms with Gasteiger partial charge in [-0.25, -0.2) is 0 Å². The van der Waals surface area contributed by atoms with Crippen LogP contribution in [0.1, 0.15) is 22.3 Å². The van der Waals surface area contributed by atoms with Crippen LogP contribution in [0, 0.1) is 0 Å². The Morgan fingerprint density at radius 3 is 2.70 bits per heavy atom. The lowest BCUT2D eigenvalue weighted by molar-refractivity contribution is 0.0118. The van der Waals surface area contributed by atoms with Gasteiger partial charge >= 0.3 is 0 Å². The van der Waals surface area contributed by atoms with Crippen molar-refractivity contribution in [2.24, 2.45) is 0 Å². The van der Waals surface area contributed by atoms with Crippen molar-refractivity contribution in [1.82, 2.24) is 15.4 Å². The standard InChI is InChI=1S/C20H21N3O4/c24-20(16-13-19(27-22-16)15-5-2-1-3-6-15)21-14-17(18-7-4-10-26-18)23-8-11-25-12-9-23/h1-7,10,13,17H,8-9,11-12,14H2,(H,21,24)/t17-/m0/s1. The largest absolute Gasteiger partial charge is 0.468 e. The number of rotatable bonds is 6. The second-order valence-electron chi connectivity index (χ2n) is 6.33. The number of nitrogens with one attached hydrogen (secondary N) is 1. The molecular weight excluding hydrogens is 346 g/mol. The first-order chi connectivity index (χ1) is 13.3. The third-order valence-electron chi connectivity index (χ3n) is 4.62. The quantitative estimate of drug-likeness (QED) is 0.722. The number of morpholine rings is 1. The van der Waals surface area contributed by atoms with Crippen LogP contribution in [0.2, 0.25) is 0 Å². The van der Waals surface area contributed by atoms with Crippen LogP contribution in [0.5, 0.6) is 0 Å². The topological polar surface area (TPSA) is 80.7 Å². The van der Waals surface area contributed by atoms with Crippen LogP contribution in [0.15, 0.2) is 63.7 Å². The Balaban J connectivity index is 1.43. The van der Waals surface area contributed by atoms with Gasteiger partial charge in [-0.15, -0.1) is 0 Å². The molecule has 1 fully saturated rings. The highest BCUT2D eigenvalue weighted by molar-refractivity contribution is 5.93. The molecular formula is C20H21N3O4. The minimum atomic E-state index is -0.272. The normalized spacial score (nSPS) is 16.1. The van der Waals surface area contributed by atoms with Gasteiger partial charge in [0.25, 0.3) is 5.91 Å². The van der Waals surface area contributed by atoms with Gasteiger partial charge in [-0.1, -0.05) is 35.5 Å². The lowest BCUT2D eigenvalue weighted by atomic mass is 10.1.